The highest BCUT2D eigenvalue weighted by Gasteiger charge is 2.53. The van der Waals surface area contributed by atoms with Crippen molar-refractivity contribution in [1.29, 1.82) is 0 Å². The van der Waals surface area contributed by atoms with Gasteiger partial charge in [0.25, 0.3) is 0 Å². The lowest BCUT2D eigenvalue weighted by Crippen LogP contribution is -2.66. The molecule has 0 bridgehead atoms. The first-order valence-corrected chi connectivity index (χ1v) is 30.4. The fourth-order valence-corrected chi connectivity index (χ4v) is 10.0. The summed E-state index contributed by atoms with van der Waals surface area (Å²) in [6.07, 6.45) is 20.9. The molecule has 17 unspecified atom stereocenters. The van der Waals surface area contributed by atoms with Crippen molar-refractivity contribution in [3.63, 3.8) is 0 Å². The van der Waals surface area contributed by atoms with Gasteiger partial charge in [-0.2, -0.15) is 0 Å². The summed E-state index contributed by atoms with van der Waals surface area (Å²) in [5.74, 6) is -0.300. The minimum absolute atomic E-state index is 0.221. The Hall–Kier alpha value is -2.25. The molecule has 3 fully saturated rings. The first-order valence-electron chi connectivity index (χ1n) is 30.4. The zero-order valence-corrected chi connectivity index (χ0v) is 47.8. The van der Waals surface area contributed by atoms with E-state index in [1.54, 1.807) is 6.08 Å². The van der Waals surface area contributed by atoms with Crippen LogP contribution in [-0.2, 0) is 33.2 Å². The van der Waals surface area contributed by atoms with Gasteiger partial charge in [0.05, 0.1) is 38.6 Å². The van der Waals surface area contributed by atoms with Crippen LogP contribution in [-0.4, -0.2) is 193 Å². The van der Waals surface area contributed by atoms with Gasteiger partial charge in [0.15, 0.2) is 18.9 Å². The van der Waals surface area contributed by atoms with E-state index in [4.69, 9.17) is 28.4 Å². The Balaban J connectivity index is 1.53. The third-order valence-corrected chi connectivity index (χ3v) is 15.1. The number of allylic oxidation sites excluding steroid dienone is 7. The molecule has 0 radical (unpaired) electrons. The minimum Gasteiger partial charge on any atom is -0.394 e. The van der Waals surface area contributed by atoms with E-state index < -0.39 is 124 Å². The van der Waals surface area contributed by atoms with Crippen LogP contribution in [0.4, 0.5) is 0 Å². The molecule has 460 valence electrons. The van der Waals surface area contributed by atoms with Crippen molar-refractivity contribution in [3.05, 3.63) is 48.6 Å². The van der Waals surface area contributed by atoms with E-state index in [0.29, 0.717) is 12.8 Å². The molecule has 0 aromatic rings. The van der Waals surface area contributed by atoms with E-state index in [9.17, 15) is 61.0 Å². The minimum atomic E-state index is -1.98. The van der Waals surface area contributed by atoms with Crippen LogP contribution in [0.3, 0.4) is 0 Å². The second-order valence-corrected chi connectivity index (χ2v) is 21.8. The van der Waals surface area contributed by atoms with Crippen LogP contribution in [0.2, 0.25) is 0 Å². The fourth-order valence-electron chi connectivity index (χ4n) is 10.0. The standard InChI is InChI=1S/C60H107NO18/c1-3-5-7-9-11-13-15-17-19-21-22-23-25-27-29-31-33-35-37-44(65)43(61-48(66)38-36-34-32-30-28-26-24-20-18-16-14-12-10-8-6-4-2)42-74-58-54(72)51(69)56(46(40-63)76-58)79-60-55(73)52(70)57(47(41-64)77-60)78-59-53(71)50(68)49(67)45(39-62)75-59/h20-22,24,27,29,35,37,43-47,49-60,62-65,67-73H,3-19,23,25-26,28,30-34,36,38-42H2,1-2H3,(H,61,66)/b22-21+,24-20-,29-27+,37-35+. The van der Waals surface area contributed by atoms with Crippen LogP contribution >= 0.6 is 0 Å². The zero-order valence-electron chi connectivity index (χ0n) is 47.8. The average Bonchev–Trinajstić information content (AvgIpc) is 3.49. The van der Waals surface area contributed by atoms with Crippen LogP contribution in [0.1, 0.15) is 194 Å². The largest absolute Gasteiger partial charge is 0.394 e. The molecule has 17 atom stereocenters. The molecule has 19 nitrogen and oxygen atoms in total. The highest BCUT2D eigenvalue weighted by molar-refractivity contribution is 5.76. The quantitative estimate of drug-likeness (QED) is 0.0265. The van der Waals surface area contributed by atoms with Gasteiger partial charge in [0, 0.05) is 6.42 Å². The third kappa shape index (κ3) is 27.3. The maximum atomic E-state index is 13.3. The molecule has 0 spiro atoms. The van der Waals surface area contributed by atoms with Gasteiger partial charge in [-0.25, -0.2) is 0 Å². The van der Waals surface area contributed by atoms with Crippen LogP contribution < -0.4 is 5.32 Å². The molecule has 3 aliphatic heterocycles. The van der Waals surface area contributed by atoms with E-state index in [1.807, 2.05) is 6.08 Å². The maximum absolute atomic E-state index is 13.3. The smallest absolute Gasteiger partial charge is 0.220 e. The zero-order chi connectivity index (χ0) is 57.6. The van der Waals surface area contributed by atoms with Crippen molar-refractivity contribution >= 4 is 5.91 Å². The van der Waals surface area contributed by atoms with Crippen molar-refractivity contribution in [3.8, 4) is 0 Å². The first-order chi connectivity index (χ1) is 38.3. The van der Waals surface area contributed by atoms with Gasteiger partial charge >= 0.3 is 0 Å². The number of nitrogens with one attached hydrogen (secondary N) is 1. The summed E-state index contributed by atoms with van der Waals surface area (Å²) in [7, 11) is 0. The summed E-state index contributed by atoms with van der Waals surface area (Å²) >= 11 is 0. The summed E-state index contributed by atoms with van der Waals surface area (Å²) in [5, 5.41) is 120. The molecule has 0 aromatic heterocycles. The molecule has 0 saturated carbocycles. The van der Waals surface area contributed by atoms with Gasteiger partial charge in [-0.3, -0.25) is 4.79 Å². The number of carbonyl (C=O) groups excluding carboxylic acids is 1. The van der Waals surface area contributed by atoms with Gasteiger partial charge in [-0.1, -0.05) is 165 Å². The SMILES string of the molecule is CCCCCCCCC/C=C\CCCCCCCC(=O)NC(COC1OC(CO)C(OC2OC(CO)C(OC3OC(CO)C(O)C(O)C3O)C(O)C2O)C(O)C1O)C(O)/C=C/CC/C=C/CC/C=C/CCCCCCCCCC. The second-order valence-electron chi connectivity index (χ2n) is 21.8. The number of aliphatic hydroxyl groups excluding tert-OH is 11. The van der Waals surface area contributed by atoms with Gasteiger partial charge in [-0.05, 0) is 70.6 Å². The summed E-state index contributed by atoms with van der Waals surface area (Å²) in [4.78, 5) is 13.3. The summed E-state index contributed by atoms with van der Waals surface area (Å²) in [6.45, 7) is 1.67. The number of hydrogen-bond acceptors (Lipinski definition) is 18. The number of rotatable bonds is 44. The molecule has 19 heteroatoms. The predicted octanol–water partition coefficient (Wildman–Crippen LogP) is 5.48. The van der Waals surface area contributed by atoms with Gasteiger partial charge in [-0.15, -0.1) is 0 Å². The lowest BCUT2D eigenvalue weighted by molar-refractivity contribution is -0.379. The lowest BCUT2D eigenvalue weighted by Gasteiger charge is -2.48. The Labute approximate surface area is 472 Å². The Morgan fingerprint density at radius 2 is 0.810 bits per heavy atom. The second kappa shape index (κ2) is 43.4. The molecule has 0 aliphatic carbocycles. The molecule has 79 heavy (non-hydrogen) atoms. The number of hydrogen-bond donors (Lipinski definition) is 12. The van der Waals surface area contributed by atoms with Gasteiger partial charge in [0.2, 0.25) is 5.91 Å². The normalized spacial score (nSPS) is 30.6. The van der Waals surface area contributed by atoms with Crippen molar-refractivity contribution in [1.82, 2.24) is 5.32 Å². The first kappa shape index (κ1) is 71.0. The highest BCUT2D eigenvalue weighted by atomic mass is 16.8. The number of unbranched alkanes of at least 4 members (excludes halogenated alkanes) is 22. The van der Waals surface area contributed by atoms with Crippen LogP contribution in [0.25, 0.3) is 0 Å². The van der Waals surface area contributed by atoms with Gasteiger partial charge in [0.1, 0.15) is 73.2 Å². The van der Waals surface area contributed by atoms with E-state index in [2.05, 4.69) is 55.6 Å². The Morgan fingerprint density at radius 1 is 0.443 bits per heavy atom. The van der Waals surface area contributed by atoms with E-state index in [0.717, 1.165) is 64.2 Å². The number of carbonyl (C=O) groups is 1. The molecule has 3 aliphatic rings. The molecule has 3 rings (SSSR count). The number of aliphatic hydroxyl groups is 11. The number of amides is 1. The molecule has 3 saturated heterocycles. The molecule has 0 aromatic carbocycles. The van der Waals surface area contributed by atoms with Crippen LogP contribution in [0, 0.1) is 0 Å². The summed E-state index contributed by atoms with van der Waals surface area (Å²) in [5.41, 5.74) is 0. The van der Waals surface area contributed by atoms with E-state index >= 15 is 0 Å². The van der Waals surface area contributed by atoms with Crippen molar-refractivity contribution in [2.45, 2.75) is 298 Å². The topological polar surface area (TPSA) is 307 Å². The molecular formula is C60H107NO18. The highest BCUT2D eigenvalue weighted by Crippen LogP contribution is 2.33. The average molecular weight is 1130 g/mol. The van der Waals surface area contributed by atoms with Crippen LogP contribution in [0.5, 0.6) is 0 Å². The monoisotopic (exact) mass is 1130 g/mol. The lowest BCUT2D eigenvalue weighted by atomic mass is 9.96. The number of ether oxygens (including phenoxy) is 6. The molecule has 12 N–H and O–H groups in total. The Kier molecular flexibility index (Phi) is 39.0. The van der Waals surface area contributed by atoms with Crippen molar-refractivity contribution < 1.29 is 89.4 Å². The van der Waals surface area contributed by atoms with Crippen molar-refractivity contribution in [2.75, 3.05) is 26.4 Å². The molecule has 1 amide bonds. The van der Waals surface area contributed by atoms with Crippen molar-refractivity contribution in [2.24, 2.45) is 0 Å². The fraction of sp³-hybridized carbons (Fsp3) is 0.850. The Morgan fingerprint density at radius 3 is 1.27 bits per heavy atom. The maximum Gasteiger partial charge on any atom is 0.220 e. The predicted molar refractivity (Wildman–Crippen MR) is 300 cm³/mol. The summed E-state index contributed by atoms with van der Waals surface area (Å²) < 4.78 is 34.2. The van der Waals surface area contributed by atoms with Gasteiger partial charge < -0.3 is 89.9 Å². The van der Waals surface area contributed by atoms with E-state index in [1.165, 1.54) is 96.3 Å². The summed E-state index contributed by atoms with van der Waals surface area (Å²) in [6, 6.07) is -1.000. The van der Waals surface area contributed by atoms with E-state index in [-0.39, 0.29) is 18.9 Å². The third-order valence-electron chi connectivity index (χ3n) is 15.1. The molecule has 3 heterocycles. The Bertz CT molecular complexity index is 1630. The molecular weight excluding hydrogens is 1020 g/mol. The van der Waals surface area contributed by atoms with Crippen LogP contribution in [0.15, 0.2) is 48.6 Å².